The van der Waals surface area contributed by atoms with E-state index in [1.807, 2.05) is 17.4 Å². The molecule has 0 aliphatic heterocycles. The fraction of sp³-hybridized carbons (Fsp3) is 0. The summed E-state index contributed by atoms with van der Waals surface area (Å²) in [7, 11) is 0. The van der Waals surface area contributed by atoms with Crippen LogP contribution in [-0.4, -0.2) is 0 Å². The van der Waals surface area contributed by atoms with Crippen molar-refractivity contribution in [2.75, 3.05) is 5.32 Å². The van der Waals surface area contributed by atoms with E-state index in [-0.39, 0.29) is 0 Å². The Bertz CT molecular complexity index is 1510. The van der Waals surface area contributed by atoms with Gasteiger partial charge in [0.15, 0.2) is 0 Å². The summed E-state index contributed by atoms with van der Waals surface area (Å²) in [5.41, 5.74) is 7.12. The molecule has 0 spiro atoms. The van der Waals surface area contributed by atoms with Gasteiger partial charge in [0.2, 0.25) is 0 Å². The van der Waals surface area contributed by atoms with E-state index < -0.39 is 0 Å². The van der Waals surface area contributed by atoms with Crippen molar-refractivity contribution in [2.24, 2.45) is 0 Å². The molecule has 0 aliphatic rings. The second-order valence-corrected chi connectivity index (χ2v) is 9.04. The molecule has 0 saturated heterocycles. The molecule has 0 bridgehead atoms. The molecule has 0 amide bonds. The van der Waals surface area contributed by atoms with Crippen LogP contribution in [0.4, 0.5) is 11.4 Å². The van der Waals surface area contributed by atoms with Crippen molar-refractivity contribution in [3.8, 4) is 22.3 Å². The van der Waals surface area contributed by atoms with Crippen LogP contribution in [-0.2, 0) is 0 Å². The lowest BCUT2D eigenvalue weighted by molar-refractivity contribution is 1.54. The van der Waals surface area contributed by atoms with E-state index in [1.54, 1.807) is 0 Å². The van der Waals surface area contributed by atoms with Crippen molar-refractivity contribution in [1.82, 2.24) is 0 Å². The van der Waals surface area contributed by atoms with Crippen LogP contribution in [0.5, 0.6) is 0 Å². The van der Waals surface area contributed by atoms with Gasteiger partial charge < -0.3 is 5.32 Å². The number of hydrogen-bond donors (Lipinski definition) is 1. The third-order valence-electron chi connectivity index (χ3n) is 5.88. The second kappa shape index (κ2) is 7.99. The Labute approximate surface area is 191 Å². The number of benzene rings is 5. The van der Waals surface area contributed by atoms with Crippen LogP contribution in [0.2, 0.25) is 0 Å². The summed E-state index contributed by atoms with van der Waals surface area (Å²) in [6, 6.07) is 43.1. The number of thiophene rings is 1. The Hall–Kier alpha value is -3.88. The molecule has 2 heteroatoms. The Kier molecular flexibility index (Phi) is 4.71. The van der Waals surface area contributed by atoms with Crippen molar-refractivity contribution in [1.29, 1.82) is 0 Å². The molecular weight excluding hydrogens is 406 g/mol. The Balaban J connectivity index is 1.23. The minimum atomic E-state index is 1.09. The summed E-state index contributed by atoms with van der Waals surface area (Å²) in [6.45, 7) is 0. The van der Waals surface area contributed by atoms with Gasteiger partial charge in [-0.2, -0.15) is 0 Å². The summed E-state index contributed by atoms with van der Waals surface area (Å²) < 4.78 is 2.68. The van der Waals surface area contributed by atoms with Gasteiger partial charge in [-0.25, -0.2) is 0 Å². The zero-order valence-electron chi connectivity index (χ0n) is 17.5. The zero-order chi connectivity index (χ0) is 21.3. The van der Waals surface area contributed by atoms with Crippen LogP contribution in [0.25, 0.3) is 42.4 Å². The Morgan fingerprint density at radius 2 is 0.938 bits per heavy atom. The predicted octanol–water partition coefficient (Wildman–Crippen LogP) is 9.13. The van der Waals surface area contributed by atoms with Gasteiger partial charge in [-0.15, -0.1) is 11.3 Å². The maximum absolute atomic E-state index is 3.51. The number of anilines is 2. The average Bonchev–Trinajstić information content (AvgIpc) is 3.23. The fourth-order valence-electron chi connectivity index (χ4n) is 4.19. The number of nitrogens with one attached hydrogen (secondary N) is 1. The van der Waals surface area contributed by atoms with Crippen LogP contribution in [0.3, 0.4) is 0 Å². The molecule has 0 unspecified atom stereocenters. The first-order valence-electron chi connectivity index (χ1n) is 10.8. The van der Waals surface area contributed by atoms with E-state index in [4.69, 9.17) is 0 Å². The summed E-state index contributed by atoms with van der Waals surface area (Å²) in [5, 5.41) is 6.19. The minimum absolute atomic E-state index is 1.09. The van der Waals surface area contributed by atoms with Crippen LogP contribution in [0.1, 0.15) is 0 Å². The second-order valence-electron chi connectivity index (χ2n) is 7.95. The fourth-order valence-corrected chi connectivity index (χ4v) is 5.34. The van der Waals surface area contributed by atoms with Gasteiger partial charge in [-0.05, 0) is 58.7 Å². The van der Waals surface area contributed by atoms with Gasteiger partial charge in [0.1, 0.15) is 0 Å². The van der Waals surface area contributed by atoms with Gasteiger partial charge in [0, 0.05) is 31.5 Å². The Morgan fingerprint density at radius 3 is 1.66 bits per heavy atom. The highest BCUT2D eigenvalue weighted by atomic mass is 32.1. The number of fused-ring (bicyclic) bond motifs is 3. The SMILES string of the molecule is c1ccc(-c2ccc(Nc3ccc(-c4ccc5c(c4)sc4ccccc45)cc3)cc2)cc1. The van der Waals surface area contributed by atoms with Crippen molar-refractivity contribution in [2.45, 2.75) is 0 Å². The van der Waals surface area contributed by atoms with Crippen molar-refractivity contribution >= 4 is 42.9 Å². The molecule has 0 aliphatic carbocycles. The molecule has 1 nitrogen and oxygen atoms in total. The molecular formula is C30H21NS. The standard InChI is InChI=1S/C30H21NS/c1-2-6-21(7-3-1)22-10-15-25(16-11-22)31-26-17-12-23(13-18-26)24-14-19-28-27-8-4-5-9-29(27)32-30(28)20-24/h1-20,31H. The van der Waals surface area contributed by atoms with Gasteiger partial charge in [0.25, 0.3) is 0 Å². The highest BCUT2D eigenvalue weighted by molar-refractivity contribution is 7.25. The van der Waals surface area contributed by atoms with E-state index >= 15 is 0 Å². The van der Waals surface area contributed by atoms with Crippen LogP contribution >= 0.6 is 11.3 Å². The number of rotatable bonds is 4. The molecule has 152 valence electrons. The first kappa shape index (κ1) is 18.9. The van der Waals surface area contributed by atoms with E-state index in [0.717, 1.165) is 11.4 Å². The number of hydrogen-bond acceptors (Lipinski definition) is 2. The quantitative estimate of drug-likeness (QED) is 0.296. The first-order chi connectivity index (χ1) is 15.8. The molecule has 6 aromatic rings. The van der Waals surface area contributed by atoms with Gasteiger partial charge in [-0.3, -0.25) is 0 Å². The molecule has 0 fully saturated rings. The molecule has 6 rings (SSSR count). The van der Waals surface area contributed by atoms with Gasteiger partial charge in [0.05, 0.1) is 0 Å². The van der Waals surface area contributed by atoms with Crippen LogP contribution < -0.4 is 5.32 Å². The van der Waals surface area contributed by atoms with Crippen molar-refractivity contribution < 1.29 is 0 Å². The van der Waals surface area contributed by atoms with E-state index in [2.05, 4.69) is 121 Å². The average molecular weight is 428 g/mol. The van der Waals surface area contributed by atoms with Crippen LogP contribution in [0.15, 0.2) is 121 Å². The third kappa shape index (κ3) is 3.55. The van der Waals surface area contributed by atoms with E-state index in [1.165, 1.54) is 42.4 Å². The molecule has 5 aromatic carbocycles. The maximum Gasteiger partial charge on any atom is 0.0384 e. The molecule has 0 saturated carbocycles. The molecule has 0 atom stereocenters. The predicted molar refractivity (Wildman–Crippen MR) is 140 cm³/mol. The minimum Gasteiger partial charge on any atom is -0.356 e. The van der Waals surface area contributed by atoms with Crippen LogP contribution in [0, 0.1) is 0 Å². The monoisotopic (exact) mass is 427 g/mol. The van der Waals surface area contributed by atoms with E-state index in [9.17, 15) is 0 Å². The normalized spacial score (nSPS) is 11.1. The summed E-state index contributed by atoms with van der Waals surface area (Å²) in [5.74, 6) is 0. The van der Waals surface area contributed by atoms with E-state index in [0.29, 0.717) is 0 Å². The first-order valence-corrected chi connectivity index (χ1v) is 11.6. The lowest BCUT2D eigenvalue weighted by Gasteiger charge is -2.09. The molecule has 32 heavy (non-hydrogen) atoms. The summed E-state index contributed by atoms with van der Waals surface area (Å²) in [4.78, 5) is 0. The van der Waals surface area contributed by atoms with Crippen molar-refractivity contribution in [3.05, 3.63) is 121 Å². The lowest BCUT2D eigenvalue weighted by atomic mass is 10.0. The van der Waals surface area contributed by atoms with Gasteiger partial charge >= 0.3 is 0 Å². The third-order valence-corrected chi connectivity index (χ3v) is 7.01. The van der Waals surface area contributed by atoms with Gasteiger partial charge in [-0.1, -0.05) is 84.9 Å². The highest BCUT2D eigenvalue weighted by Gasteiger charge is 2.06. The largest absolute Gasteiger partial charge is 0.356 e. The highest BCUT2D eigenvalue weighted by Crippen LogP contribution is 2.36. The zero-order valence-corrected chi connectivity index (χ0v) is 18.3. The molecule has 0 radical (unpaired) electrons. The smallest absolute Gasteiger partial charge is 0.0384 e. The summed E-state index contributed by atoms with van der Waals surface area (Å²) in [6.07, 6.45) is 0. The lowest BCUT2D eigenvalue weighted by Crippen LogP contribution is -1.90. The maximum atomic E-state index is 3.51. The van der Waals surface area contributed by atoms with Crippen molar-refractivity contribution in [3.63, 3.8) is 0 Å². The molecule has 1 N–H and O–H groups in total. The molecule has 1 aromatic heterocycles. The topological polar surface area (TPSA) is 12.0 Å². The molecule has 1 heterocycles. The Morgan fingerprint density at radius 1 is 0.406 bits per heavy atom. The summed E-state index contributed by atoms with van der Waals surface area (Å²) >= 11 is 1.86.